The van der Waals surface area contributed by atoms with E-state index < -0.39 is 27.6 Å². The Morgan fingerprint density at radius 2 is 2.00 bits per heavy atom. The molecule has 1 fully saturated rings. The lowest BCUT2D eigenvalue weighted by Crippen LogP contribution is -2.27. The van der Waals surface area contributed by atoms with Crippen LogP contribution in [0.4, 0.5) is 0 Å². The van der Waals surface area contributed by atoms with Gasteiger partial charge >= 0.3 is 5.97 Å². The number of rotatable bonds is 4. The first-order valence-corrected chi connectivity index (χ1v) is 8.45. The molecule has 1 amide bonds. The molecule has 0 bridgehead atoms. The van der Waals surface area contributed by atoms with Gasteiger partial charge in [0.25, 0.3) is 0 Å². The Hall–Kier alpha value is -2.22. The predicted octanol–water partition coefficient (Wildman–Crippen LogP) is 0.358. The van der Waals surface area contributed by atoms with Gasteiger partial charge in [-0.1, -0.05) is 12.1 Å². The highest BCUT2D eigenvalue weighted by Gasteiger charge is 2.32. The predicted molar refractivity (Wildman–Crippen MR) is 80.3 cm³/mol. The molecule has 118 valence electrons. The molecule has 2 rings (SSSR count). The Balaban J connectivity index is 1.90. The summed E-state index contributed by atoms with van der Waals surface area (Å²) in [5.74, 6) is -1.45. The van der Waals surface area contributed by atoms with Crippen LogP contribution < -0.4 is 5.43 Å². The first-order valence-electron chi connectivity index (χ1n) is 6.63. The van der Waals surface area contributed by atoms with Crippen LogP contribution in [-0.2, 0) is 19.4 Å². The van der Waals surface area contributed by atoms with E-state index in [0.29, 0.717) is 17.5 Å². The van der Waals surface area contributed by atoms with Crippen LogP contribution in [0.3, 0.4) is 0 Å². The van der Waals surface area contributed by atoms with Gasteiger partial charge in [-0.3, -0.25) is 4.79 Å². The summed E-state index contributed by atoms with van der Waals surface area (Å²) in [5, 5.41) is 3.79. The molecule has 1 saturated heterocycles. The van der Waals surface area contributed by atoms with Gasteiger partial charge in [0.15, 0.2) is 9.84 Å². The van der Waals surface area contributed by atoms with Crippen molar-refractivity contribution in [3.8, 4) is 0 Å². The number of nitrogens with one attached hydrogen (secondary N) is 1. The molecule has 0 aromatic heterocycles. The minimum Gasteiger partial charge on any atom is -0.465 e. The van der Waals surface area contributed by atoms with E-state index in [1.54, 1.807) is 24.3 Å². The normalized spacial score (nSPS) is 20.0. The van der Waals surface area contributed by atoms with Crippen molar-refractivity contribution < 1.29 is 22.7 Å². The fraction of sp³-hybridized carbons (Fsp3) is 0.357. The van der Waals surface area contributed by atoms with Gasteiger partial charge in [0, 0.05) is 0 Å². The zero-order valence-corrected chi connectivity index (χ0v) is 12.8. The fourth-order valence-electron chi connectivity index (χ4n) is 2.09. The summed E-state index contributed by atoms with van der Waals surface area (Å²) < 4.78 is 27.2. The third-order valence-corrected chi connectivity index (χ3v) is 5.09. The highest BCUT2D eigenvalue weighted by Crippen LogP contribution is 2.18. The Kier molecular flexibility index (Phi) is 4.92. The quantitative estimate of drug-likeness (QED) is 0.489. The number of sulfone groups is 1. The number of carbonyl (C=O) groups is 2. The first-order chi connectivity index (χ1) is 10.4. The number of hydrogen-bond acceptors (Lipinski definition) is 6. The molecule has 1 aromatic rings. The number of amides is 1. The molecule has 0 radical (unpaired) electrons. The van der Waals surface area contributed by atoms with Crippen LogP contribution in [0.25, 0.3) is 0 Å². The molecule has 7 nitrogen and oxygen atoms in total. The van der Waals surface area contributed by atoms with Crippen molar-refractivity contribution in [2.75, 3.05) is 18.6 Å². The fourth-order valence-corrected chi connectivity index (χ4v) is 3.83. The molecule has 8 heteroatoms. The van der Waals surface area contributed by atoms with Crippen molar-refractivity contribution in [3.63, 3.8) is 0 Å². The minimum atomic E-state index is -3.09. The molecule has 1 aliphatic rings. The van der Waals surface area contributed by atoms with Gasteiger partial charge in [0.2, 0.25) is 5.91 Å². The summed E-state index contributed by atoms with van der Waals surface area (Å²) in [6, 6.07) is 6.47. The average Bonchev–Trinajstić information content (AvgIpc) is 2.87. The van der Waals surface area contributed by atoms with Gasteiger partial charge < -0.3 is 4.74 Å². The molecule has 22 heavy (non-hydrogen) atoms. The Labute approximate surface area is 128 Å². The zero-order valence-electron chi connectivity index (χ0n) is 12.0. The van der Waals surface area contributed by atoms with Gasteiger partial charge in [-0.2, -0.15) is 5.10 Å². The van der Waals surface area contributed by atoms with E-state index in [2.05, 4.69) is 15.3 Å². The molecule has 1 N–H and O–H groups in total. The standard InChI is InChI=1S/C14H16N2O5S/c1-21-14(18)11-4-2-10(3-5-11)8-15-16-13(17)12-6-7-22(19,20)9-12/h2-5,8,12H,6-7,9H2,1H3,(H,16,17)/b15-8-/t12-/m0/s1. The Bertz CT molecular complexity index is 694. The van der Waals surface area contributed by atoms with Crippen molar-refractivity contribution in [3.05, 3.63) is 35.4 Å². The van der Waals surface area contributed by atoms with Crippen molar-refractivity contribution in [2.45, 2.75) is 6.42 Å². The van der Waals surface area contributed by atoms with E-state index in [4.69, 9.17) is 0 Å². The lowest BCUT2D eigenvalue weighted by atomic mass is 10.1. The van der Waals surface area contributed by atoms with Crippen molar-refractivity contribution in [1.82, 2.24) is 5.43 Å². The van der Waals surface area contributed by atoms with E-state index in [-0.39, 0.29) is 11.5 Å². The van der Waals surface area contributed by atoms with Crippen LogP contribution in [0, 0.1) is 5.92 Å². The summed E-state index contributed by atoms with van der Waals surface area (Å²) in [6.07, 6.45) is 1.75. The van der Waals surface area contributed by atoms with E-state index in [0.717, 1.165) is 0 Å². The van der Waals surface area contributed by atoms with Gasteiger partial charge in [-0.15, -0.1) is 0 Å². The monoisotopic (exact) mass is 324 g/mol. The van der Waals surface area contributed by atoms with E-state index in [1.807, 2.05) is 0 Å². The second kappa shape index (κ2) is 6.69. The zero-order chi connectivity index (χ0) is 16.2. The van der Waals surface area contributed by atoms with E-state index in [1.165, 1.54) is 13.3 Å². The second-order valence-corrected chi connectivity index (χ2v) is 7.18. The minimum absolute atomic E-state index is 0.0454. The molecule has 1 atom stereocenters. The molecule has 0 saturated carbocycles. The van der Waals surface area contributed by atoms with Crippen molar-refractivity contribution in [1.29, 1.82) is 0 Å². The summed E-state index contributed by atoms with van der Waals surface area (Å²) >= 11 is 0. The lowest BCUT2D eigenvalue weighted by molar-refractivity contribution is -0.124. The number of ether oxygens (including phenoxy) is 1. The molecule has 0 aliphatic carbocycles. The van der Waals surface area contributed by atoms with Gasteiger partial charge in [0.1, 0.15) is 0 Å². The highest BCUT2D eigenvalue weighted by molar-refractivity contribution is 7.91. The second-order valence-electron chi connectivity index (χ2n) is 4.95. The highest BCUT2D eigenvalue weighted by atomic mass is 32.2. The smallest absolute Gasteiger partial charge is 0.337 e. The number of benzene rings is 1. The van der Waals surface area contributed by atoms with Crippen LogP contribution in [-0.4, -0.2) is 45.1 Å². The molecule has 0 unspecified atom stereocenters. The number of hydrazone groups is 1. The van der Waals surface area contributed by atoms with E-state index >= 15 is 0 Å². The molecule has 1 aliphatic heterocycles. The number of carbonyl (C=O) groups excluding carboxylic acids is 2. The van der Waals surface area contributed by atoms with Crippen LogP contribution in [0.1, 0.15) is 22.3 Å². The Morgan fingerprint density at radius 3 is 2.55 bits per heavy atom. The maximum atomic E-state index is 11.8. The van der Waals surface area contributed by atoms with E-state index in [9.17, 15) is 18.0 Å². The van der Waals surface area contributed by atoms with Crippen LogP contribution in [0.2, 0.25) is 0 Å². The maximum absolute atomic E-state index is 11.8. The SMILES string of the molecule is COC(=O)c1ccc(/C=N\NC(=O)[C@H]2CCS(=O)(=O)C2)cc1. The molecule has 1 heterocycles. The lowest BCUT2D eigenvalue weighted by Gasteiger charge is -2.04. The first kappa shape index (κ1) is 16.2. The summed E-state index contributed by atoms with van der Waals surface area (Å²) in [4.78, 5) is 23.0. The number of methoxy groups -OCH3 is 1. The molecule has 1 aromatic carbocycles. The van der Waals surface area contributed by atoms with Gasteiger partial charge in [0.05, 0.1) is 36.3 Å². The van der Waals surface area contributed by atoms with Gasteiger partial charge in [-0.25, -0.2) is 18.6 Å². The summed E-state index contributed by atoms with van der Waals surface area (Å²) in [6.45, 7) is 0. The van der Waals surface area contributed by atoms with Crippen LogP contribution in [0.5, 0.6) is 0 Å². The third-order valence-electron chi connectivity index (χ3n) is 3.32. The average molecular weight is 324 g/mol. The van der Waals surface area contributed by atoms with Crippen LogP contribution in [0.15, 0.2) is 29.4 Å². The molecular formula is C14H16N2O5S. The van der Waals surface area contributed by atoms with Gasteiger partial charge in [-0.05, 0) is 24.1 Å². The maximum Gasteiger partial charge on any atom is 0.337 e. The van der Waals surface area contributed by atoms with Crippen molar-refractivity contribution in [2.24, 2.45) is 11.0 Å². The number of hydrogen-bond donors (Lipinski definition) is 1. The molecule has 0 spiro atoms. The number of nitrogens with zero attached hydrogens (tertiary/aromatic N) is 1. The third kappa shape index (κ3) is 4.14. The van der Waals surface area contributed by atoms with Crippen LogP contribution >= 0.6 is 0 Å². The summed E-state index contributed by atoms with van der Waals surface area (Å²) in [7, 11) is -1.79. The molecular weight excluding hydrogens is 308 g/mol. The van der Waals surface area contributed by atoms with Crippen molar-refractivity contribution >= 4 is 27.9 Å². The largest absolute Gasteiger partial charge is 0.465 e. The summed E-state index contributed by atoms with van der Waals surface area (Å²) in [5.41, 5.74) is 3.44. The Morgan fingerprint density at radius 1 is 1.32 bits per heavy atom. The topological polar surface area (TPSA) is 102 Å². The number of esters is 1.